The number of ether oxygens (including phenoxy) is 2. The van der Waals surface area contributed by atoms with Gasteiger partial charge in [0.15, 0.2) is 0 Å². The summed E-state index contributed by atoms with van der Waals surface area (Å²) in [6.07, 6.45) is 1.38. The van der Waals surface area contributed by atoms with E-state index in [4.69, 9.17) is 9.47 Å². The highest BCUT2D eigenvalue weighted by atomic mass is 32.2. The highest BCUT2D eigenvalue weighted by molar-refractivity contribution is 7.99. The molecule has 3 atom stereocenters. The molecule has 0 saturated carbocycles. The van der Waals surface area contributed by atoms with Gasteiger partial charge in [-0.2, -0.15) is 0 Å². The molecule has 3 aromatic carbocycles. The standard InChI is InChI=1S/C26H31O4PS/c1-3-29-23-17-15-20-12-8-9-13-21(20)25(23)32-18-24(31-28)22(26(27)30-4-2)16-14-19-10-6-5-7-11-19/h5-13,15,17,22,24H,3-4,14,16,18,31H2,1-2H3. The molecule has 0 aromatic heterocycles. The summed E-state index contributed by atoms with van der Waals surface area (Å²) in [5.41, 5.74) is 0.929. The number of rotatable bonds is 12. The summed E-state index contributed by atoms with van der Waals surface area (Å²) in [5.74, 6) is 0.763. The van der Waals surface area contributed by atoms with E-state index in [0.717, 1.165) is 27.8 Å². The van der Waals surface area contributed by atoms with Gasteiger partial charge in [0.25, 0.3) is 0 Å². The van der Waals surface area contributed by atoms with Gasteiger partial charge in [0.1, 0.15) is 5.75 Å². The van der Waals surface area contributed by atoms with Gasteiger partial charge in [0.2, 0.25) is 0 Å². The normalized spacial score (nSPS) is 13.3. The summed E-state index contributed by atoms with van der Waals surface area (Å²) in [6, 6.07) is 22.3. The van der Waals surface area contributed by atoms with Crippen LogP contribution >= 0.6 is 20.2 Å². The monoisotopic (exact) mass is 470 g/mol. The molecule has 0 bridgehead atoms. The lowest BCUT2D eigenvalue weighted by Gasteiger charge is -2.22. The van der Waals surface area contributed by atoms with Crippen molar-refractivity contribution in [1.82, 2.24) is 0 Å². The Hall–Kier alpha value is -2.23. The summed E-state index contributed by atoms with van der Waals surface area (Å²) >= 11 is 1.62. The molecule has 0 amide bonds. The van der Waals surface area contributed by atoms with Crippen LogP contribution in [-0.2, 0) is 20.5 Å². The minimum atomic E-state index is -1.14. The Morgan fingerprint density at radius 2 is 1.72 bits per heavy atom. The van der Waals surface area contributed by atoms with Gasteiger partial charge >= 0.3 is 5.97 Å². The van der Waals surface area contributed by atoms with Crippen LogP contribution in [0.3, 0.4) is 0 Å². The van der Waals surface area contributed by atoms with E-state index in [9.17, 15) is 9.36 Å². The third-order valence-corrected chi connectivity index (χ3v) is 8.08. The molecule has 0 radical (unpaired) electrons. The number of fused-ring (bicyclic) bond motifs is 1. The lowest BCUT2D eigenvalue weighted by atomic mass is 9.96. The summed E-state index contributed by atoms with van der Waals surface area (Å²) in [4.78, 5) is 13.8. The number of carbonyl (C=O) groups is 1. The fourth-order valence-electron chi connectivity index (χ4n) is 3.79. The molecule has 3 rings (SSSR count). The number of carbonyl (C=O) groups excluding carboxylic acids is 1. The van der Waals surface area contributed by atoms with Crippen LogP contribution in [0.5, 0.6) is 5.75 Å². The Bertz CT molecular complexity index is 1020. The van der Waals surface area contributed by atoms with Crippen molar-refractivity contribution >= 4 is 37.0 Å². The first-order valence-corrected chi connectivity index (χ1v) is 13.2. The smallest absolute Gasteiger partial charge is 0.309 e. The topological polar surface area (TPSA) is 52.6 Å². The number of thioether (sulfide) groups is 1. The molecule has 0 fully saturated rings. The molecule has 32 heavy (non-hydrogen) atoms. The van der Waals surface area contributed by atoms with E-state index >= 15 is 0 Å². The highest BCUT2D eigenvalue weighted by Crippen LogP contribution is 2.39. The molecule has 3 unspecified atom stereocenters. The lowest BCUT2D eigenvalue weighted by Crippen LogP contribution is -2.29. The number of hydrogen-bond donors (Lipinski definition) is 0. The molecular formula is C26H31O4PS. The van der Waals surface area contributed by atoms with Crippen LogP contribution in [0.25, 0.3) is 10.8 Å². The third-order valence-electron chi connectivity index (χ3n) is 5.43. The number of hydrogen-bond acceptors (Lipinski definition) is 5. The number of aryl methyl sites for hydroxylation is 1. The van der Waals surface area contributed by atoms with Crippen LogP contribution in [0.15, 0.2) is 71.6 Å². The van der Waals surface area contributed by atoms with Crippen molar-refractivity contribution in [2.24, 2.45) is 5.92 Å². The largest absolute Gasteiger partial charge is 0.493 e. The van der Waals surface area contributed by atoms with Crippen molar-refractivity contribution in [1.29, 1.82) is 0 Å². The van der Waals surface area contributed by atoms with Gasteiger partial charge < -0.3 is 14.0 Å². The first-order chi connectivity index (χ1) is 15.7. The zero-order valence-electron chi connectivity index (χ0n) is 18.7. The number of esters is 1. The molecule has 0 spiro atoms. The molecule has 0 aliphatic rings. The van der Waals surface area contributed by atoms with Gasteiger partial charge in [0.05, 0.1) is 32.5 Å². The Kier molecular flexibility index (Phi) is 9.70. The minimum Gasteiger partial charge on any atom is -0.493 e. The van der Waals surface area contributed by atoms with Crippen LogP contribution in [-0.4, -0.2) is 30.6 Å². The first-order valence-electron chi connectivity index (χ1n) is 11.1. The van der Waals surface area contributed by atoms with Gasteiger partial charge in [-0.3, -0.25) is 4.79 Å². The predicted octanol–water partition coefficient (Wildman–Crippen LogP) is 6.27. The molecule has 6 heteroatoms. The maximum absolute atomic E-state index is 12.8. The summed E-state index contributed by atoms with van der Waals surface area (Å²) < 4.78 is 23.6. The quantitative estimate of drug-likeness (QED) is 0.177. The zero-order valence-corrected chi connectivity index (χ0v) is 20.6. The second-order valence-corrected chi connectivity index (χ2v) is 9.70. The SMILES string of the molecule is CCOC(=O)C(CCc1ccccc1)C(CSc1c(OCC)ccc2ccccc12)[PH2]=O. The Labute approximate surface area is 195 Å². The van der Waals surface area contributed by atoms with Crippen molar-refractivity contribution in [3.8, 4) is 5.75 Å². The van der Waals surface area contributed by atoms with Gasteiger partial charge in [-0.25, -0.2) is 0 Å². The van der Waals surface area contributed by atoms with Crippen molar-refractivity contribution in [2.75, 3.05) is 19.0 Å². The maximum Gasteiger partial charge on any atom is 0.309 e. The molecular weight excluding hydrogens is 439 g/mol. The van der Waals surface area contributed by atoms with E-state index in [-0.39, 0.29) is 17.5 Å². The van der Waals surface area contributed by atoms with Crippen LogP contribution in [0, 0.1) is 5.92 Å². The van der Waals surface area contributed by atoms with Gasteiger partial charge in [0, 0.05) is 11.4 Å². The second kappa shape index (κ2) is 12.7. The minimum absolute atomic E-state index is 0.240. The van der Waals surface area contributed by atoms with Crippen LogP contribution in [0.4, 0.5) is 0 Å². The molecule has 0 heterocycles. The Balaban J connectivity index is 1.81. The van der Waals surface area contributed by atoms with Crippen LogP contribution < -0.4 is 4.74 Å². The molecule has 0 aliphatic heterocycles. The van der Waals surface area contributed by atoms with Crippen molar-refractivity contribution in [3.63, 3.8) is 0 Å². The van der Waals surface area contributed by atoms with Crippen LogP contribution in [0.2, 0.25) is 0 Å². The molecule has 0 saturated heterocycles. The van der Waals surface area contributed by atoms with E-state index in [1.165, 1.54) is 5.56 Å². The highest BCUT2D eigenvalue weighted by Gasteiger charge is 2.29. The zero-order chi connectivity index (χ0) is 22.8. The third kappa shape index (κ3) is 6.40. The maximum atomic E-state index is 12.8. The molecule has 0 aliphatic carbocycles. The average molecular weight is 471 g/mol. The predicted molar refractivity (Wildman–Crippen MR) is 135 cm³/mol. The Morgan fingerprint density at radius 1 is 0.969 bits per heavy atom. The van der Waals surface area contributed by atoms with E-state index < -0.39 is 8.46 Å². The Morgan fingerprint density at radius 3 is 2.44 bits per heavy atom. The summed E-state index contributed by atoms with van der Waals surface area (Å²) in [7, 11) is -1.14. The molecule has 170 valence electrons. The fraction of sp³-hybridized carbons (Fsp3) is 0.346. The van der Waals surface area contributed by atoms with E-state index in [1.807, 2.05) is 50.2 Å². The molecule has 4 nitrogen and oxygen atoms in total. The van der Waals surface area contributed by atoms with Crippen molar-refractivity contribution in [3.05, 3.63) is 72.3 Å². The number of benzene rings is 3. The average Bonchev–Trinajstić information content (AvgIpc) is 2.82. The van der Waals surface area contributed by atoms with E-state index in [1.54, 1.807) is 11.8 Å². The summed E-state index contributed by atoms with van der Waals surface area (Å²) in [6.45, 7) is 4.68. The van der Waals surface area contributed by atoms with Crippen molar-refractivity contribution < 1.29 is 18.8 Å². The second-order valence-electron chi connectivity index (χ2n) is 7.54. The first kappa shape index (κ1) is 24.4. The van der Waals surface area contributed by atoms with E-state index in [2.05, 4.69) is 30.3 Å². The van der Waals surface area contributed by atoms with Gasteiger partial charge in [-0.1, -0.05) is 60.7 Å². The van der Waals surface area contributed by atoms with Crippen molar-refractivity contribution in [2.45, 2.75) is 37.2 Å². The van der Waals surface area contributed by atoms with E-state index in [0.29, 0.717) is 25.4 Å². The van der Waals surface area contributed by atoms with Gasteiger partial charge in [-0.15, -0.1) is 11.8 Å². The fourth-order valence-corrected chi connectivity index (χ4v) is 6.14. The molecule has 3 aromatic rings. The van der Waals surface area contributed by atoms with Gasteiger partial charge in [-0.05, 0) is 49.1 Å². The summed E-state index contributed by atoms with van der Waals surface area (Å²) in [5, 5.41) is 2.25. The lowest BCUT2D eigenvalue weighted by molar-refractivity contribution is -0.148. The molecule has 0 N–H and O–H groups in total. The van der Waals surface area contributed by atoms with Crippen LogP contribution in [0.1, 0.15) is 25.8 Å².